The maximum absolute atomic E-state index is 13.6. The summed E-state index contributed by atoms with van der Waals surface area (Å²) >= 11 is 0. The van der Waals surface area contributed by atoms with Crippen LogP contribution in [0.5, 0.6) is 5.75 Å². The Morgan fingerprint density at radius 2 is 1.80 bits per heavy atom. The quantitative estimate of drug-likeness (QED) is 0.856. The number of methoxy groups -OCH3 is 1. The molecule has 0 N–H and O–H groups in total. The summed E-state index contributed by atoms with van der Waals surface area (Å²) in [5.41, 5.74) is 0.951. The van der Waals surface area contributed by atoms with Crippen molar-refractivity contribution in [2.24, 2.45) is 0 Å². The molecule has 0 heterocycles. The van der Waals surface area contributed by atoms with Gasteiger partial charge < -0.3 is 9.64 Å². The Balaban J connectivity index is 2.19. The summed E-state index contributed by atoms with van der Waals surface area (Å²) in [5, 5.41) is 0. The molecule has 0 unspecified atom stereocenters. The van der Waals surface area contributed by atoms with E-state index in [0.29, 0.717) is 16.9 Å². The first-order chi connectivity index (χ1) is 9.63. The lowest BCUT2D eigenvalue weighted by molar-refractivity contribution is 0.0780. The molecular weight excluding hydrogens is 257 g/mol. The number of hydrogen-bond acceptors (Lipinski definition) is 2. The van der Waals surface area contributed by atoms with Crippen LogP contribution in [0.2, 0.25) is 0 Å². The van der Waals surface area contributed by atoms with Crippen molar-refractivity contribution in [3.8, 4) is 5.75 Å². The fourth-order valence-electron chi connectivity index (χ4n) is 1.98. The molecule has 104 valence electrons. The first-order valence-corrected chi connectivity index (χ1v) is 6.25. The third-order valence-corrected chi connectivity index (χ3v) is 3.05. The lowest BCUT2D eigenvalue weighted by Crippen LogP contribution is -2.27. The summed E-state index contributed by atoms with van der Waals surface area (Å²) in [6.45, 7) is 0.212. The van der Waals surface area contributed by atoms with Crippen molar-refractivity contribution in [2.45, 2.75) is 6.54 Å². The van der Waals surface area contributed by atoms with Gasteiger partial charge in [0.05, 0.1) is 12.7 Å². The molecule has 0 aliphatic carbocycles. The van der Waals surface area contributed by atoms with Crippen molar-refractivity contribution in [3.05, 3.63) is 65.5 Å². The summed E-state index contributed by atoms with van der Waals surface area (Å²) in [5.74, 6) is -0.00392. The molecule has 0 aliphatic rings. The van der Waals surface area contributed by atoms with E-state index in [4.69, 9.17) is 4.74 Å². The third-order valence-electron chi connectivity index (χ3n) is 3.05. The lowest BCUT2D eigenvalue weighted by Gasteiger charge is -2.19. The van der Waals surface area contributed by atoms with Crippen molar-refractivity contribution in [3.63, 3.8) is 0 Å². The molecule has 0 spiro atoms. The minimum absolute atomic E-state index is 0.203. The zero-order valence-corrected chi connectivity index (χ0v) is 11.5. The molecule has 0 radical (unpaired) electrons. The van der Waals surface area contributed by atoms with Gasteiger partial charge in [-0.3, -0.25) is 4.79 Å². The minimum atomic E-state index is -0.313. The number of benzene rings is 2. The van der Waals surface area contributed by atoms with Gasteiger partial charge in [-0.25, -0.2) is 4.39 Å². The van der Waals surface area contributed by atoms with Crippen LogP contribution in [0.1, 0.15) is 15.9 Å². The number of para-hydroxylation sites is 1. The molecule has 1 amide bonds. The Morgan fingerprint density at radius 3 is 2.50 bits per heavy atom. The van der Waals surface area contributed by atoms with Crippen molar-refractivity contribution in [1.82, 2.24) is 4.90 Å². The number of halogens is 1. The van der Waals surface area contributed by atoms with Gasteiger partial charge in [0.25, 0.3) is 5.91 Å². The topological polar surface area (TPSA) is 29.5 Å². The molecule has 2 aromatic rings. The number of nitrogens with zero attached hydrogens (tertiary/aromatic N) is 1. The van der Waals surface area contributed by atoms with E-state index in [2.05, 4.69) is 0 Å². The molecule has 0 aliphatic heterocycles. The molecule has 4 heteroatoms. The first kappa shape index (κ1) is 14.1. The SMILES string of the molecule is COc1ccccc1C(=O)N(C)Cc1ccccc1F. The summed E-state index contributed by atoms with van der Waals surface area (Å²) in [4.78, 5) is 13.8. The van der Waals surface area contributed by atoms with Crippen LogP contribution < -0.4 is 4.74 Å². The predicted molar refractivity (Wildman–Crippen MR) is 75.2 cm³/mol. The zero-order valence-electron chi connectivity index (χ0n) is 11.5. The van der Waals surface area contributed by atoms with E-state index in [-0.39, 0.29) is 18.3 Å². The Kier molecular flexibility index (Phi) is 4.35. The van der Waals surface area contributed by atoms with Crippen molar-refractivity contribution in [2.75, 3.05) is 14.2 Å². The average Bonchev–Trinajstić information content (AvgIpc) is 2.48. The monoisotopic (exact) mass is 273 g/mol. The second-order valence-corrected chi connectivity index (χ2v) is 4.45. The largest absolute Gasteiger partial charge is 0.496 e. The van der Waals surface area contributed by atoms with Crippen molar-refractivity contribution < 1.29 is 13.9 Å². The van der Waals surface area contributed by atoms with Crippen LogP contribution in [-0.4, -0.2) is 25.0 Å². The highest BCUT2D eigenvalue weighted by Crippen LogP contribution is 2.20. The van der Waals surface area contributed by atoms with Gasteiger partial charge in [-0.2, -0.15) is 0 Å². The minimum Gasteiger partial charge on any atom is -0.496 e. The smallest absolute Gasteiger partial charge is 0.257 e. The van der Waals surface area contributed by atoms with E-state index >= 15 is 0 Å². The summed E-state index contributed by atoms with van der Waals surface area (Å²) in [6.07, 6.45) is 0. The van der Waals surface area contributed by atoms with E-state index < -0.39 is 0 Å². The van der Waals surface area contributed by atoms with Crippen molar-refractivity contribution in [1.29, 1.82) is 0 Å². The normalized spacial score (nSPS) is 10.2. The molecule has 0 aromatic heterocycles. The molecule has 0 bridgehead atoms. The molecule has 0 saturated heterocycles. The zero-order chi connectivity index (χ0) is 14.5. The number of carbonyl (C=O) groups is 1. The third kappa shape index (κ3) is 2.96. The molecule has 0 fully saturated rings. The lowest BCUT2D eigenvalue weighted by atomic mass is 10.1. The first-order valence-electron chi connectivity index (χ1n) is 6.25. The van der Waals surface area contributed by atoms with Crippen LogP contribution in [0.25, 0.3) is 0 Å². The standard InChI is InChI=1S/C16H16FNO2/c1-18(11-12-7-3-5-9-14(12)17)16(19)13-8-4-6-10-15(13)20-2/h3-10H,11H2,1-2H3. The van der Waals surface area contributed by atoms with Crippen molar-refractivity contribution >= 4 is 5.91 Å². The van der Waals surface area contributed by atoms with Crippen LogP contribution in [0, 0.1) is 5.82 Å². The summed E-state index contributed by atoms with van der Waals surface area (Å²) in [6, 6.07) is 13.4. The Bertz CT molecular complexity index is 613. The van der Waals surface area contributed by atoms with Gasteiger partial charge in [0.1, 0.15) is 11.6 Å². The number of rotatable bonds is 4. The Labute approximate surface area is 117 Å². The highest BCUT2D eigenvalue weighted by molar-refractivity contribution is 5.96. The van der Waals surface area contributed by atoms with Crippen LogP contribution in [-0.2, 0) is 6.54 Å². The number of carbonyl (C=O) groups excluding carboxylic acids is 1. The van der Waals surface area contributed by atoms with E-state index in [1.807, 2.05) is 0 Å². The maximum Gasteiger partial charge on any atom is 0.257 e. The molecule has 0 atom stereocenters. The fraction of sp³-hybridized carbons (Fsp3) is 0.188. The van der Waals surface area contributed by atoms with E-state index in [1.165, 1.54) is 18.1 Å². The van der Waals surface area contributed by atoms with Gasteiger partial charge in [0, 0.05) is 19.2 Å². The van der Waals surface area contributed by atoms with Gasteiger partial charge in [-0.1, -0.05) is 30.3 Å². The summed E-state index contributed by atoms with van der Waals surface area (Å²) in [7, 11) is 3.16. The molecule has 0 saturated carbocycles. The number of amides is 1. The number of hydrogen-bond donors (Lipinski definition) is 0. The van der Waals surface area contributed by atoms with E-state index in [9.17, 15) is 9.18 Å². The average molecular weight is 273 g/mol. The van der Waals surface area contributed by atoms with Gasteiger partial charge >= 0.3 is 0 Å². The highest BCUT2D eigenvalue weighted by Gasteiger charge is 2.17. The predicted octanol–water partition coefficient (Wildman–Crippen LogP) is 3.11. The Hall–Kier alpha value is -2.36. The second kappa shape index (κ2) is 6.19. The van der Waals surface area contributed by atoms with Crippen LogP contribution in [0.3, 0.4) is 0 Å². The van der Waals surface area contributed by atoms with E-state index in [0.717, 1.165) is 0 Å². The van der Waals surface area contributed by atoms with Gasteiger partial charge in [-0.05, 0) is 18.2 Å². The molecular formula is C16H16FNO2. The van der Waals surface area contributed by atoms with Crippen LogP contribution >= 0.6 is 0 Å². The Morgan fingerprint density at radius 1 is 1.15 bits per heavy atom. The molecule has 3 nitrogen and oxygen atoms in total. The van der Waals surface area contributed by atoms with Gasteiger partial charge in [0.2, 0.25) is 0 Å². The highest BCUT2D eigenvalue weighted by atomic mass is 19.1. The van der Waals surface area contributed by atoms with Crippen LogP contribution in [0.15, 0.2) is 48.5 Å². The maximum atomic E-state index is 13.6. The molecule has 2 aromatic carbocycles. The number of ether oxygens (including phenoxy) is 1. The van der Waals surface area contributed by atoms with Gasteiger partial charge in [-0.15, -0.1) is 0 Å². The fourth-order valence-corrected chi connectivity index (χ4v) is 1.98. The molecule has 2 rings (SSSR count). The van der Waals surface area contributed by atoms with Gasteiger partial charge in [0.15, 0.2) is 0 Å². The summed E-state index contributed by atoms with van der Waals surface area (Å²) < 4.78 is 18.8. The molecule has 20 heavy (non-hydrogen) atoms. The van der Waals surface area contributed by atoms with E-state index in [1.54, 1.807) is 49.5 Å². The second-order valence-electron chi connectivity index (χ2n) is 4.45. The van der Waals surface area contributed by atoms with Crippen LogP contribution in [0.4, 0.5) is 4.39 Å².